The third-order valence-electron chi connectivity index (χ3n) is 3.90. The van der Waals surface area contributed by atoms with Crippen LogP contribution in [0, 0.1) is 0 Å². The number of anilines is 1. The third kappa shape index (κ3) is 2.56. The highest BCUT2D eigenvalue weighted by atomic mass is 17.2. The van der Waals surface area contributed by atoms with E-state index < -0.39 is 0 Å². The number of rotatable bonds is 2. The molecule has 2 aliphatic rings. The average Bonchev–Trinajstić information content (AvgIpc) is 2.54. The molecule has 2 heterocycles. The van der Waals surface area contributed by atoms with Gasteiger partial charge in [0.25, 0.3) is 0 Å². The van der Waals surface area contributed by atoms with Gasteiger partial charge in [-0.1, -0.05) is 12.1 Å². The third-order valence-corrected chi connectivity index (χ3v) is 3.90. The Kier molecular flexibility index (Phi) is 3.29. The van der Waals surface area contributed by atoms with Crippen molar-refractivity contribution in [2.24, 2.45) is 0 Å². The molecule has 0 radical (unpaired) electrons. The van der Waals surface area contributed by atoms with E-state index in [1.54, 1.807) is 0 Å². The zero-order chi connectivity index (χ0) is 14.9. The zero-order valence-electron chi connectivity index (χ0n) is 11.9. The second kappa shape index (κ2) is 5.44. The number of carbonyl (C=O) groups is 1. The molecule has 0 unspecified atom stereocenters. The van der Waals surface area contributed by atoms with Gasteiger partial charge in [0.2, 0.25) is 5.91 Å². The van der Waals surface area contributed by atoms with Gasteiger partial charge in [0.05, 0.1) is 0 Å². The summed E-state index contributed by atoms with van der Waals surface area (Å²) in [4.78, 5) is 21.4. The molecule has 0 bridgehead atoms. The molecule has 5 heteroatoms. The van der Waals surface area contributed by atoms with Gasteiger partial charge in [-0.2, -0.15) is 0 Å². The number of ether oxygens (including phenoxy) is 1. The van der Waals surface area contributed by atoms with E-state index in [-0.39, 0.29) is 5.91 Å². The molecule has 0 aliphatic carbocycles. The van der Waals surface area contributed by atoms with E-state index in [0.717, 1.165) is 34.5 Å². The number of aryl methyl sites for hydroxylation is 1. The maximum absolute atomic E-state index is 11.5. The molecular weight excluding hydrogens is 282 g/mol. The Labute approximate surface area is 127 Å². The zero-order valence-corrected chi connectivity index (χ0v) is 11.9. The topological polar surface area (TPSA) is 56.8 Å². The number of hydrogen-bond donors (Lipinski definition) is 1. The minimum Gasteiger partial charge on any atom is -0.457 e. The first-order valence-corrected chi connectivity index (χ1v) is 7.25. The van der Waals surface area contributed by atoms with Crippen LogP contribution in [0.1, 0.15) is 23.1 Å². The quantitative estimate of drug-likeness (QED) is 0.864. The van der Waals surface area contributed by atoms with Crippen LogP contribution >= 0.6 is 0 Å². The lowest BCUT2D eigenvalue weighted by Crippen LogP contribution is -2.18. The van der Waals surface area contributed by atoms with Crippen LogP contribution < -0.4 is 10.1 Å². The molecule has 2 aliphatic heterocycles. The minimum absolute atomic E-state index is 0.0515. The van der Waals surface area contributed by atoms with Crippen LogP contribution in [-0.2, 0) is 34.2 Å². The van der Waals surface area contributed by atoms with Crippen LogP contribution in [0.25, 0.3) is 0 Å². The van der Waals surface area contributed by atoms with E-state index in [2.05, 4.69) is 5.32 Å². The Hall–Kier alpha value is -2.37. The Morgan fingerprint density at radius 3 is 2.45 bits per heavy atom. The maximum Gasteiger partial charge on any atom is 0.224 e. The SMILES string of the molecule is O=C1CCc2ccc(Oc3ccc4c(c3)COOC4)cc2N1. The van der Waals surface area contributed by atoms with Crippen LogP contribution in [0.3, 0.4) is 0 Å². The summed E-state index contributed by atoms with van der Waals surface area (Å²) in [7, 11) is 0. The van der Waals surface area contributed by atoms with E-state index in [4.69, 9.17) is 14.5 Å². The summed E-state index contributed by atoms with van der Waals surface area (Å²) in [6, 6.07) is 11.6. The van der Waals surface area contributed by atoms with Crippen LogP contribution in [-0.4, -0.2) is 5.91 Å². The van der Waals surface area contributed by atoms with Gasteiger partial charge in [0.1, 0.15) is 24.7 Å². The largest absolute Gasteiger partial charge is 0.457 e. The fourth-order valence-electron chi connectivity index (χ4n) is 2.70. The fraction of sp³-hybridized carbons (Fsp3) is 0.235. The number of carbonyl (C=O) groups excluding carboxylic acids is 1. The van der Waals surface area contributed by atoms with E-state index in [9.17, 15) is 4.79 Å². The molecule has 0 saturated heterocycles. The Morgan fingerprint density at radius 1 is 0.864 bits per heavy atom. The van der Waals surface area contributed by atoms with Crippen molar-refractivity contribution < 1.29 is 19.3 Å². The predicted molar refractivity (Wildman–Crippen MR) is 79.5 cm³/mol. The molecule has 112 valence electrons. The molecule has 22 heavy (non-hydrogen) atoms. The Bertz CT molecular complexity index is 741. The molecular formula is C17H15NO4. The van der Waals surface area contributed by atoms with Crippen molar-refractivity contribution in [2.75, 3.05) is 5.32 Å². The van der Waals surface area contributed by atoms with Crippen LogP contribution in [0.4, 0.5) is 5.69 Å². The first kappa shape index (κ1) is 13.3. The second-order valence-corrected chi connectivity index (χ2v) is 5.42. The molecule has 2 aromatic carbocycles. The first-order valence-electron chi connectivity index (χ1n) is 7.25. The van der Waals surface area contributed by atoms with Crippen molar-refractivity contribution in [1.29, 1.82) is 0 Å². The van der Waals surface area contributed by atoms with E-state index in [1.165, 1.54) is 0 Å². The second-order valence-electron chi connectivity index (χ2n) is 5.42. The fourth-order valence-corrected chi connectivity index (χ4v) is 2.70. The standard InChI is InChI=1S/C17H15NO4/c19-17-6-3-11-1-4-15(8-16(11)18-17)22-14-5-2-12-9-20-21-10-13(12)7-14/h1-2,4-5,7-8H,3,6,9-10H2,(H,18,19). The highest BCUT2D eigenvalue weighted by molar-refractivity contribution is 5.94. The normalized spacial score (nSPS) is 16.5. The summed E-state index contributed by atoms with van der Waals surface area (Å²) in [6.07, 6.45) is 1.32. The molecule has 2 aromatic rings. The smallest absolute Gasteiger partial charge is 0.224 e. The van der Waals surface area contributed by atoms with Crippen molar-refractivity contribution in [1.82, 2.24) is 0 Å². The lowest BCUT2D eigenvalue weighted by Gasteiger charge is -2.19. The summed E-state index contributed by atoms with van der Waals surface area (Å²) in [5.74, 6) is 1.50. The van der Waals surface area contributed by atoms with Crippen molar-refractivity contribution in [3.8, 4) is 11.5 Å². The molecule has 0 saturated carbocycles. The Balaban J connectivity index is 1.58. The number of benzene rings is 2. The van der Waals surface area contributed by atoms with Gasteiger partial charge in [-0.05, 0) is 41.3 Å². The summed E-state index contributed by atoms with van der Waals surface area (Å²) in [5.41, 5.74) is 4.15. The molecule has 0 atom stereocenters. The highest BCUT2D eigenvalue weighted by Gasteiger charge is 2.16. The summed E-state index contributed by atoms with van der Waals surface area (Å²) in [6.45, 7) is 0.882. The van der Waals surface area contributed by atoms with Gasteiger partial charge in [-0.15, -0.1) is 0 Å². The summed E-state index contributed by atoms with van der Waals surface area (Å²) in [5, 5.41) is 2.88. The van der Waals surface area contributed by atoms with Crippen LogP contribution in [0.15, 0.2) is 36.4 Å². The number of nitrogens with one attached hydrogen (secondary N) is 1. The summed E-state index contributed by atoms with van der Waals surface area (Å²) < 4.78 is 5.90. The minimum atomic E-state index is 0.0515. The van der Waals surface area contributed by atoms with Gasteiger partial charge in [0, 0.05) is 18.2 Å². The van der Waals surface area contributed by atoms with Crippen molar-refractivity contribution in [2.45, 2.75) is 26.1 Å². The Morgan fingerprint density at radius 2 is 1.59 bits per heavy atom. The van der Waals surface area contributed by atoms with Gasteiger partial charge in [-0.3, -0.25) is 4.79 Å². The van der Waals surface area contributed by atoms with Crippen molar-refractivity contribution in [3.05, 3.63) is 53.1 Å². The van der Waals surface area contributed by atoms with Gasteiger partial charge in [0.15, 0.2) is 0 Å². The first-order chi connectivity index (χ1) is 10.8. The average molecular weight is 297 g/mol. The van der Waals surface area contributed by atoms with Crippen LogP contribution in [0.5, 0.6) is 11.5 Å². The highest BCUT2D eigenvalue weighted by Crippen LogP contribution is 2.31. The van der Waals surface area contributed by atoms with E-state index in [0.29, 0.717) is 25.4 Å². The van der Waals surface area contributed by atoms with Gasteiger partial charge < -0.3 is 10.1 Å². The molecule has 1 amide bonds. The molecule has 4 rings (SSSR count). The molecule has 0 spiro atoms. The number of hydrogen-bond acceptors (Lipinski definition) is 4. The van der Waals surface area contributed by atoms with Gasteiger partial charge in [-0.25, -0.2) is 9.78 Å². The van der Waals surface area contributed by atoms with Gasteiger partial charge >= 0.3 is 0 Å². The maximum atomic E-state index is 11.5. The predicted octanol–water partition coefficient (Wildman–Crippen LogP) is 3.33. The molecule has 1 N–H and O–H groups in total. The van der Waals surface area contributed by atoms with Crippen molar-refractivity contribution in [3.63, 3.8) is 0 Å². The molecule has 0 fully saturated rings. The van der Waals surface area contributed by atoms with E-state index >= 15 is 0 Å². The van der Waals surface area contributed by atoms with E-state index in [1.807, 2.05) is 36.4 Å². The number of amides is 1. The monoisotopic (exact) mass is 297 g/mol. The number of fused-ring (bicyclic) bond motifs is 2. The van der Waals surface area contributed by atoms with Crippen LogP contribution in [0.2, 0.25) is 0 Å². The lowest BCUT2D eigenvalue weighted by atomic mass is 10.0. The molecule has 0 aromatic heterocycles. The lowest BCUT2D eigenvalue weighted by molar-refractivity contribution is -0.322. The summed E-state index contributed by atoms with van der Waals surface area (Å²) >= 11 is 0. The molecule has 5 nitrogen and oxygen atoms in total. The van der Waals surface area contributed by atoms with Crippen molar-refractivity contribution >= 4 is 11.6 Å².